The average Bonchev–Trinajstić information content (AvgIpc) is 3.10. The van der Waals surface area contributed by atoms with E-state index in [0.29, 0.717) is 5.52 Å². The number of nitrogens with one attached hydrogen (secondary N) is 1. The number of carbonyl (C=O) groups is 1. The summed E-state index contributed by atoms with van der Waals surface area (Å²) in [4.78, 5) is 19.1. The largest absolute Gasteiger partial charge is 0.507 e. The molecule has 0 aliphatic heterocycles. The molecule has 134 valence electrons. The van der Waals surface area contributed by atoms with Crippen molar-refractivity contribution >= 4 is 28.7 Å². The second kappa shape index (κ2) is 8.02. The third kappa shape index (κ3) is 4.41. The molecule has 6 nitrogen and oxygen atoms in total. The van der Waals surface area contributed by atoms with Crippen LogP contribution in [-0.2, 0) is 9.53 Å². The zero-order chi connectivity index (χ0) is 19.2. The Bertz CT molecular complexity index is 1040. The number of rotatable bonds is 5. The third-order valence-corrected chi connectivity index (χ3v) is 3.87. The Morgan fingerprint density at radius 1 is 1.26 bits per heavy atom. The highest BCUT2D eigenvalue weighted by atomic mass is 16.5. The number of allylic oxidation sites excluding steroid dienone is 1. The van der Waals surface area contributed by atoms with Crippen LogP contribution in [0.1, 0.15) is 17.0 Å². The summed E-state index contributed by atoms with van der Waals surface area (Å²) in [6.07, 6.45) is 2.89. The molecule has 0 bridgehead atoms. The summed E-state index contributed by atoms with van der Waals surface area (Å²) in [5.74, 6) is -0.764. The number of hydrogen-bond donors (Lipinski definition) is 2. The molecule has 0 amide bonds. The van der Waals surface area contributed by atoms with Gasteiger partial charge in [0.15, 0.2) is 11.6 Å². The van der Waals surface area contributed by atoms with Crippen LogP contribution in [0.3, 0.4) is 0 Å². The lowest BCUT2D eigenvalue weighted by atomic mass is 10.1. The highest BCUT2D eigenvalue weighted by molar-refractivity contribution is 5.87. The number of nitrogens with zero attached hydrogens (tertiary/aromatic N) is 2. The van der Waals surface area contributed by atoms with Gasteiger partial charge < -0.3 is 14.8 Å². The molecule has 3 aromatic rings. The molecule has 3 rings (SSSR count). The number of carbonyl (C=O) groups excluding carboxylic acids is 1. The van der Waals surface area contributed by atoms with Crippen LogP contribution >= 0.6 is 0 Å². The Morgan fingerprint density at radius 3 is 2.70 bits per heavy atom. The van der Waals surface area contributed by atoms with Gasteiger partial charge >= 0.3 is 5.97 Å². The molecule has 2 aromatic carbocycles. The van der Waals surface area contributed by atoms with Gasteiger partial charge in [-0.15, -0.1) is 0 Å². The number of fused-ring (bicyclic) bond motifs is 1. The molecule has 0 saturated carbocycles. The van der Waals surface area contributed by atoms with Crippen LogP contribution in [0.5, 0.6) is 0 Å². The Kier molecular flexibility index (Phi) is 5.33. The van der Waals surface area contributed by atoms with E-state index in [2.05, 4.69) is 9.97 Å². The number of benzene rings is 2. The van der Waals surface area contributed by atoms with Crippen molar-refractivity contribution in [2.75, 3.05) is 6.61 Å². The Balaban J connectivity index is 1.68. The number of H-pyrrole nitrogens is 1. The molecule has 1 aromatic heterocycles. The Morgan fingerprint density at radius 2 is 2.00 bits per heavy atom. The molecule has 0 aliphatic carbocycles. The number of hydrogen-bond acceptors (Lipinski definition) is 5. The first-order chi connectivity index (χ1) is 13.1. The Labute approximate surface area is 156 Å². The first-order valence-corrected chi connectivity index (χ1v) is 8.25. The maximum atomic E-state index is 11.8. The quantitative estimate of drug-likeness (QED) is 0.311. The number of aliphatic hydroxyl groups excluding tert-OH is 1. The Hall–Kier alpha value is -3.85. The van der Waals surface area contributed by atoms with Crippen LogP contribution in [0.25, 0.3) is 22.7 Å². The van der Waals surface area contributed by atoms with Gasteiger partial charge in [0.05, 0.1) is 11.0 Å². The number of aliphatic hydroxyl groups is 1. The molecule has 0 spiro atoms. The molecule has 2 N–H and O–H groups in total. The van der Waals surface area contributed by atoms with Gasteiger partial charge in [0.2, 0.25) is 0 Å². The number of aromatic nitrogens is 2. The van der Waals surface area contributed by atoms with Crippen LogP contribution < -0.4 is 0 Å². The van der Waals surface area contributed by atoms with Crippen molar-refractivity contribution in [2.24, 2.45) is 0 Å². The van der Waals surface area contributed by atoms with Crippen LogP contribution in [0.15, 0.2) is 60.4 Å². The fourth-order valence-corrected chi connectivity index (χ4v) is 2.43. The van der Waals surface area contributed by atoms with Gasteiger partial charge in [-0.3, -0.25) is 0 Å². The van der Waals surface area contributed by atoms with Crippen molar-refractivity contribution in [1.82, 2.24) is 9.97 Å². The second-order valence-corrected chi connectivity index (χ2v) is 5.89. The van der Waals surface area contributed by atoms with Gasteiger partial charge in [0, 0.05) is 6.08 Å². The van der Waals surface area contributed by atoms with Gasteiger partial charge in [0.25, 0.3) is 0 Å². The van der Waals surface area contributed by atoms with Crippen LogP contribution in [-0.4, -0.2) is 27.7 Å². The van der Waals surface area contributed by atoms with Gasteiger partial charge in [-0.1, -0.05) is 42.0 Å². The summed E-state index contributed by atoms with van der Waals surface area (Å²) in [6, 6.07) is 16.8. The molecular formula is C21H17N3O3. The van der Waals surface area contributed by atoms with E-state index < -0.39 is 12.6 Å². The summed E-state index contributed by atoms with van der Waals surface area (Å²) in [6.45, 7) is 1.56. The minimum Gasteiger partial charge on any atom is -0.507 e. The standard InChI is InChI=1S/C21H17N3O3/c1-14-6-8-15(9-7-14)10-11-20(26)27-13-19(25)16(12-22)21-23-17-4-2-3-5-18(17)24-21/h2-11,25H,13H2,1H3,(H,23,24)/b11-10?,19-16-. The van der Waals surface area contributed by atoms with E-state index in [1.165, 1.54) is 6.08 Å². The fourth-order valence-electron chi connectivity index (χ4n) is 2.43. The molecule has 27 heavy (non-hydrogen) atoms. The summed E-state index contributed by atoms with van der Waals surface area (Å²) in [5.41, 5.74) is 3.33. The van der Waals surface area contributed by atoms with E-state index in [1.807, 2.05) is 55.5 Å². The number of aromatic amines is 1. The molecule has 0 radical (unpaired) electrons. The van der Waals surface area contributed by atoms with Crippen molar-refractivity contribution < 1.29 is 14.6 Å². The van der Waals surface area contributed by atoms with Crippen molar-refractivity contribution in [3.63, 3.8) is 0 Å². The normalized spacial score (nSPS) is 12.0. The van der Waals surface area contributed by atoms with E-state index in [9.17, 15) is 15.2 Å². The summed E-state index contributed by atoms with van der Waals surface area (Å²) in [5, 5.41) is 19.5. The molecular weight excluding hydrogens is 342 g/mol. The summed E-state index contributed by atoms with van der Waals surface area (Å²) >= 11 is 0. The maximum absolute atomic E-state index is 11.8. The van der Waals surface area contributed by atoms with E-state index in [-0.39, 0.29) is 17.2 Å². The number of aryl methyl sites for hydroxylation is 1. The zero-order valence-corrected chi connectivity index (χ0v) is 14.6. The van der Waals surface area contributed by atoms with Gasteiger partial charge in [-0.25, -0.2) is 9.78 Å². The van der Waals surface area contributed by atoms with Gasteiger partial charge in [-0.2, -0.15) is 5.26 Å². The minimum atomic E-state index is -0.621. The minimum absolute atomic E-state index is 0.0680. The topological polar surface area (TPSA) is 99.0 Å². The highest BCUT2D eigenvalue weighted by Gasteiger charge is 2.14. The molecule has 6 heteroatoms. The van der Waals surface area contributed by atoms with Gasteiger partial charge in [-0.05, 0) is 30.7 Å². The van der Waals surface area contributed by atoms with E-state index in [0.717, 1.165) is 16.6 Å². The van der Waals surface area contributed by atoms with Crippen molar-refractivity contribution in [3.8, 4) is 6.07 Å². The lowest BCUT2D eigenvalue weighted by molar-refractivity contribution is -0.137. The second-order valence-electron chi connectivity index (χ2n) is 5.89. The lowest BCUT2D eigenvalue weighted by Gasteiger charge is -2.03. The molecule has 0 saturated heterocycles. The predicted octanol–water partition coefficient (Wildman–Crippen LogP) is 3.92. The molecule has 1 heterocycles. The van der Waals surface area contributed by atoms with E-state index >= 15 is 0 Å². The summed E-state index contributed by atoms with van der Waals surface area (Å²) < 4.78 is 5.00. The van der Waals surface area contributed by atoms with Crippen LogP contribution in [0.4, 0.5) is 0 Å². The fraction of sp³-hybridized carbons (Fsp3) is 0.0952. The number of esters is 1. The van der Waals surface area contributed by atoms with Gasteiger partial charge in [0.1, 0.15) is 18.2 Å². The highest BCUT2D eigenvalue weighted by Crippen LogP contribution is 2.18. The summed E-state index contributed by atoms with van der Waals surface area (Å²) in [7, 11) is 0. The number of para-hydroxylation sites is 2. The van der Waals surface area contributed by atoms with Crippen LogP contribution in [0, 0.1) is 18.3 Å². The van der Waals surface area contributed by atoms with Crippen LogP contribution in [0.2, 0.25) is 0 Å². The maximum Gasteiger partial charge on any atom is 0.331 e. The third-order valence-electron chi connectivity index (χ3n) is 3.87. The number of imidazole rings is 1. The van der Waals surface area contributed by atoms with E-state index in [4.69, 9.17) is 4.74 Å². The molecule has 0 unspecified atom stereocenters. The zero-order valence-electron chi connectivity index (χ0n) is 14.6. The average molecular weight is 359 g/mol. The molecule has 0 fully saturated rings. The smallest absolute Gasteiger partial charge is 0.331 e. The van der Waals surface area contributed by atoms with E-state index in [1.54, 1.807) is 12.1 Å². The molecule has 0 aliphatic rings. The van der Waals surface area contributed by atoms with Crippen molar-refractivity contribution in [2.45, 2.75) is 6.92 Å². The molecule has 0 atom stereocenters. The first kappa shape index (κ1) is 18.0. The number of ether oxygens (including phenoxy) is 1. The van der Waals surface area contributed by atoms with Crippen molar-refractivity contribution in [3.05, 3.63) is 77.3 Å². The lowest BCUT2D eigenvalue weighted by Crippen LogP contribution is -2.06. The predicted molar refractivity (Wildman–Crippen MR) is 102 cm³/mol. The van der Waals surface area contributed by atoms with Crippen molar-refractivity contribution in [1.29, 1.82) is 5.26 Å². The monoisotopic (exact) mass is 359 g/mol. The SMILES string of the molecule is Cc1ccc(C=CC(=O)OC/C(O)=C(\C#N)c2nc3ccccc3[nH]2)cc1. The first-order valence-electron chi connectivity index (χ1n) is 8.25. The number of nitriles is 1.